The number of carboxylic acids is 1. The average Bonchev–Trinajstić information content (AvgIpc) is 2.39. The monoisotopic (exact) mass is 272 g/mol. The van der Waals surface area contributed by atoms with E-state index < -0.39 is 11.9 Å². The number of aliphatic hydroxyl groups is 1. The van der Waals surface area contributed by atoms with Gasteiger partial charge in [0.15, 0.2) is 0 Å². The molecule has 0 aromatic carbocycles. The quantitative estimate of drug-likeness (QED) is 0.674. The number of carbonyl (C=O) groups excluding carboxylic acids is 1. The molecule has 0 saturated carbocycles. The minimum Gasteiger partial charge on any atom is -0.481 e. The van der Waals surface area contributed by atoms with Crippen LogP contribution in [0.2, 0.25) is 0 Å². The summed E-state index contributed by atoms with van der Waals surface area (Å²) in [4.78, 5) is 24.5. The van der Waals surface area contributed by atoms with E-state index in [0.717, 1.165) is 19.3 Å². The van der Waals surface area contributed by atoms with Gasteiger partial charge in [-0.15, -0.1) is 0 Å². The maximum Gasteiger partial charge on any atom is 0.317 e. The lowest BCUT2D eigenvalue weighted by Gasteiger charge is -2.35. The van der Waals surface area contributed by atoms with E-state index in [2.05, 4.69) is 5.32 Å². The molecule has 2 amide bonds. The first-order valence-electron chi connectivity index (χ1n) is 6.94. The number of likely N-dealkylation sites (tertiary alicyclic amines) is 1. The van der Waals surface area contributed by atoms with Crippen LogP contribution in [0.4, 0.5) is 4.79 Å². The van der Waals surface area contributed by atoms with Crippen molar-refractivity contribution in [3.8, 4) is 0 Å². The molecule has 1 fully saturated rings. The summed E-state index contributed by atoms with van der Waals surface area (Å²) in [5, 5.41) is 20.5. The predicted octanol–water partition coefficient (Wildman–Crippen LogP) is 1.04. The molecule has 1 rings (SSSR count). The van der Waals surface area contributed by atoms with Gasteiger partial charge >= 0.3 is 12.0 Å². The highest BCUT2D eigenvalue weighted by molar-refractivity contribution is 5.75. The molecule has 1 saturated heterocycles. The SMILES string of the molecule is CC(CCNC(=O)N1CCCCC1CCO)C(=O)O. The van der Waals surface area contributed by atoms with Crippen molar-refractivity contribution in [3.63, 3.8) is 0 Å². The fourth-order valence-corrected chi connectivity index (χ4v) is 2.34. The Balaban J connectivity index is 2.36. The van der Waals surface area contributed by atoms with Crippen LogP contribution in [0.3, 0.4) is 0 Å². The van der Waals surface area contributed by atoms with Gasteiger partial charge in [-0.25, -0.2) is 4.79 Å². The van der Waals surface area contributed by atoms with E-state index in [0.29, 0.717) is 25.9 Å². The maximum atomic E-state index is 12.0. The van der Waals surface area contributed by atoms with Gasteiger partial charge in [-0.1, -0.05) is 6.92 Å². The standard InChI is InChI=1S/C13H24N2O4/c1-10(12(17)18)5-7-14-13(19)15-8-3-2-4-11(15)6-9-16/h10-11,16H,2-9H2,1H3,(H,14,19)(H,17,18). The number of urea groups is 1. The van der Waals surface area contributed by atoms with Gasteiger partial charge in [-0.2, -0.15) is 0 Å². The summed E-state index contributed by atoms with van der Waals surface area (Å²) in [6.07, 6.45) is 4.05. The third kappa shape index (κ3) is 5.06. The van der Waals surface area contributed by atoms with Crippen LogP contribution in [0.5, 0.6) is 0 Å². The number of nitrogens with one attached hydrogen (secondary N) is 1. The minimum atomic E-state index is -0.842. The van der Waals surface area contributed by atoms with E-state index in [1.165, 1.54) is 0 Å². The molecule has 1 aliphatic rings. The Bertz CT molecular complexity index is 307. The summed E-state index contributed by atoms with van der Waals surface area (Å²) < 4.78 is 0. The smallest absolute Gasteiger partial charge is 0.317 e. The molecule has 1 aliphatic heterocycles. The lowest BCUT2D eigenvalue weighted by Crippen LogP contribution is -2.49. The largest absolute Gasteiger partial charge is 0.481 e. The molecule has 6 nitrogen and oxygen atoms in total. The first-order chi connectivity index (χ1) is 9.06. The van der Waals surface area contributed by atoms with E-state index in [4.69, 9.17) is 10.2 Å². The number of nitrogens with zero attached hydrogens (tertiary/aromatic N) is 1. The van der Waals surface area contributed by atoms with Gasteiger partial charge < -0.3 is 20.4 Å². The molecule has 2 unspecified atom stereocenters. The Morgan fingerprint density at radius 2 is 2.16 bits per heavy atom. The highest BCUT2D eigenvalue weighted by Crippen LogP contribution is 2.19. The van der Waals surface area contributed by atoms with Crippen molar-refractivity contribution in [2.75, 3.05) is 19.7 Å². The molecule has 0 aromatic rings. The van der Waals surface area contributed by atoms with E-state index in [1.807, 2.05) is 0 Å². The number of carboxylic acid groups (broad SMARTS) is 1. The van der Waals surface area contributed by atoms with Crippen molar-refractivity contribution < 1.29 is 19.8 Å². The van der Waals surface area contributed by atoms with Crippen LogP contribution in [0, 0.1) is 5.92 Å². The fourth-order valence-electron chi connectivity index (χ4n) is 2.34. The highest BCUT2D eigenvalue weighted by Gasteiger charge is 2.26. The second-order valence-corrected chi connectivity index (χ2v) is 5.12. The first kappa shape index (κ1) is 15.8. The predicted molar refractivity (Wildman–Crippen MR) is 70.9 cm³/mol. The van der Waals surface area contributed by atoms with Crippen LogP contribution in [0.25, 0.3) is 0 Å². The third-order valence-corrected chi connectivity index (χ3v) is 3.63. The van der Waals surface area contributed by atoms with Crippen LogP contribution >= 0.6 is 0 Å². The number of hydrogen-bond acceptors (Lipinski definition) is 3. The molecular formula is C13H24N2O4. The van der Waals surface area contributed by atoms with Crippen LogP contribution in [0.1, 0.15) is 39.0 Å². The molecule has 3 N–H and O–H groups in total. The van der Waals surface area contributed by atoms with Gasteiger partial charge in [0.2, 0.25) is 0 Å². The molecule has 0 bridgehead atoms. The van der Waals surface area contributed by atoms with E-state index in [-0.39, 0.29) is 18.7 Å². The third-order valence-electron chi connectivity index (χ3n) is 3.63. The molecule has 0 aromatic heterocycles. The number of rotatable bonds is 6. The molecular weight excluding hydrogens is 248 g/mol. The van der Waals surface area contributed by atoms with E-state index >= 15 is 0 Å². The number of aliphatic hydroxyl groups excluding tert-OH is 1. The van der Waals surface area contributed by atoms with Gasteiger partial charge in [0.05, 0.1) is 5.92 Å². The number of aliphatic carboxylic acids is 1. The average molecular weight is 272 g/mol. The zero-order chi connectivity index (χ0) is 14.3. The molecule has 2 atom stereocenters. The zero-order valence-electron chi connectivity index (χ0n) is 11.5. The molecule has 0 aliphatic carbocycles. The van der Waals surface area contributed by atoms with E-state index in [9.17, 15) is 9.59 Å². The summed E-state index contributed by atoms with van der Waals surface area (Å²) in [6.45, 7) is 2.80. The Morgan fingerprint density at radius 1 is 1.42 bits per heavy atom. The first-order valence-corrected chi connectivity index (χ1v) is 6.94. The van der Waals surface area contributed by atoms with Crippen molar-refractivity contribution in [2.24, 2.45) is 5.92 Å². The van der Waals surface area contributed by atoms with Gasteiger partial charge in [0.1, 0.15) is 0 Å². The van der Waals surface area contributed by atoms with Gasteiger partial charge in [0, 0.05) is 25.7 Å². The van der Waals surface area contributed by atoms with Crippen molar-refractivity contribution in [2.45, 2.75) is 45.1 Å². The van der Waals surface area contributed by atoms with Crippen LogP contribution in [-0.4, -0.2) is 52.9 Å². The Labute approximate surface area is 113 Å². The summed E-state index contributed by atoms with van der Waals surface area (Å²) in [7, 11) is 0. The van der Waals surface area contributed by atoms with Crippen molar-refractivity contribution >= 4 is 12.0 Å². The van der Waals surface area contributed by atoms with Crippen LogP contribution in [-0.2, 0) is 4.79 Å². The molecule has 19 heavy (non-hydrogen) atoms. The Morgan fingerprint density at radius 3 is 2.79 bits per heavy atom. The summed E-state index contributed by atoms with van der Waals surface area (Å²) in [5.74, 6) is -1.29. The minimum absolute atomic E-state index is 0.0878. The van der Waals surface area contributed by atoms with Gasteiger partial charge in [-0.05, 0) is 32.1 Å². The Kier molecular flexibility index (Phi) is 6.62. The number of carbonyl (C=O) groups is 2. The molecule has 1 heterocycles. The lowest BCUT2D eigenvalue weighted by molar-refractivity contribution is -0.141. The van der Waals surface area contributed by atoms with Gasteiger partial charge in [0.25, 0.3) is 0 Å². The summed E-state index contributed by atoms with van der Waals surface area (Å²) in [5.41, 5.74) is 0. The number of piperidine rings is 1. The van der Waals surface area contributed by atoms with Crippen molar-refractivity contribution in [1.29, 1.82) is 0 Å². The molecule has 0 radical (unpaired) electrons. The van der Waals surface area contributed by atoms with Crippen molar-refractivity contribution in [3.05, 3.63) is 0 Å². The van der Waals surface area contributed by atoms with Crippen LogP contribution < -0.4 is 5.32 Å². The Hall–Kier alpha value is -1.30. The summed E-state index contributed by atoms with van der Waals surface area (Å²) in [6, 6.07) is -0.0358. The number of amides is 2. The molecule has 6 heteroatoms. The van der Waals surface area contributed by atoms with E-state index in [1.54, 1.807) is 11.8 Å². The van der Waals surface area contributed by atoms with Crippen molar-refractivity contribution in [1.82, 2.24) is 10.2 Å². The topological polar surface area (TPSA) is 89.9 Å². The maximum absolute atomic E-state index is 12.0. The highest BCUT2D eigenvalue weighted by atomic mass is 16.4. The van der Waals surface area contributed by atoms with Gasteiger partial charge in [-0.3, -0.25) is 4.79 Å². The normalized spacial score (nSPS) is 20.9. The number of hydrogen-bond donors (Lipinski definition) is 3. The van der Waals surface area contributed by atoms with Crippen LogP contribution in [0.15, 0.2) is 0 Å². The molecule has 110 valence electrons. The zero-order valence-corrected chi connectivity index (χ0v) is 11.5. The lowest BCUT2D eigenvalue weighted by atomic mass is 10.00. The summed E-state index contributed by atoms with van der Waals surface area (Å²) >= 11 is 0. The second-order valence-electron chi connectivity index (χ2n) is 5.12. The molecule has 0 spiro atoms. The second kappa shape index (κ2) is 7.99. The fraction of sp³-hybridized carbons (Fsp3) is 0.846.